The third-order valence-electron chi connectivity index (χ3n) is 5.93. The molecule has 1 saturated carbocycles. The van der Waals surface area contributed by atoms with Crippen LogP contribution in [0.25, 0.3) is 0 Å². The molecule has 2 aromatic heterocycles. The summed E-state index contributed by atoms with van der Waals surface area (Å²) in [6, 6.07) is 3.30. The minimum Gasteiger partial charge on any atom is -0.465 e. The van der Waals surface area contributed by atoms with Gasteiger partial charge in [0.15, 0.2) is 15.7 Å². The van der Waals surface area contributed by atoms with Gasteiger partial charge in [0, 0.05) is 41.9 Å². The molecule has 174 valence electrons. The van der Waals surface area contributed by atoms with E-state index in [0.29, 0.717) is 17.1 Å². The summed E-state index contributed by atoms with van der Waals surface area (Å²) < 4.78 is 24.0. The molecule has 1 aliphatic rings. The maximum Gasteiger partial charge on any atom is 0.404 e. The van der Waals surface area contributed by atoms with Gasteiger partial charge in [-0.05, 0) is 50.2 Å². The Morgan fingerprint density at radius 3 is 2.72 bits per heavy atom. The van der Waals surface area contributed by atoms with E-state index in [0.717, 1.165) is 37.6 Å². The van der Waals surface area contributed by atoms with E-state index in [1.807, 2.05) is 6.92 Å². The Labute approximate surface area is 187 Å². The molecule has 2 aromatic rings. The van der Waals surface area contributed by atoms with Crippen molar-refractivity contribution < 1.29 is 23.1 Å². The lowest BCUT2D eigenvalue weighted by atomic mass is 9.94. The molecule has 2 heterocycles. The van der Waals surface area contributed by atoms with Crippen LogP contribution in [0.2, 0.25) is 0 Å². The summed E-state index contributed by atoms with van der Waals surface area (Å²) in [7, 11) is -3.50. The highest BCUT2D eigenvalue weighted by atomic mass is 32.2. The number of hydrogen-bond donors (Lipinski definition) is 4. The number of hydrogen-bond acceptors (Lipinski definition) is 6. The Balaban J connectivity index is 1.63. The van der Waals surface area contributed by atoms with Crippen molar-refractivity contribution in [2.24, 2.45) is 5.92 Å². The van der Waals surface area contributed by atoms with Crippen LogP contribution in [0.5, 0.6) is 0 Å². The Kier molecular flexibility index (Phi) is 7.17. The van der Waals surface area contributed by atoms with Gasteiger partial charge in [0.05, 0.1) is 11.3 Å². The quantitative estimate of drug-likeness (QED) is 0.469. The normalized spacial score (nSPS) is 19.5. The molecule has 2 amide bonds. The van der Waals surface area contributed by atoms with E-state index in [4.69, 9.17) is 5.11 Å². The number of carboxylic acid groups (broad SMARTS) is 1. The highest BCUT2D eigenvalue weighted by molar-refractivity contribution is 7.90. The zero-order valence-electron chi connectivity index (χ0n) is 18.4. The fourth-order valence-corrected chi connectivity index (χ4v) is 5.27. The second-order valence-electron chi connectivity index (χ2n) is 8.37. The maximum atomic E-state index is 12.5. The van der Waals surface area contributed by atoms with E-state index >= 15 is 0 Å². The van der Waals surface area contributed by atoms with Crippen molar-refractivity contribution in [1.29, 1.82) is 0 Å². The van der Waals surface area contributed by atoms with Gasteiger partial charge < -0.3 is 15.7 Å². The number of aromatic nitrogens is 3. The van der Waals surface area contributed by atoms with Crippen molar-refractivity contribution >= 4 is 27.7 Å². The number of H-pyrrole nitrogens is 1. The van der Waals surface area contributed by atoms with Gasteiger partial charge in [0.1, 0.15) is 0 Å². The number of rotatable bonds is 8. The van der Waals surface area contributed by atoms with Crippen LogP contribution in [0.15, 0.2) is 23.2 Å². The molecule has 0 radical (unpaired) electrons. The fraction of sp³-hybridized carbons (Fsp3) is 0.524. The number of amides is 2. The van der Waals surface area contributed by atoms with Gasteiger partial charge in [-0.3, -0.25) is 14.9 Å². The van der Waals surface area contributed by atoms with Crippen LogP contribution in [0.3, 0.4) is 0 Å². The number of carbonyl (C=O) groups excluding carboxylic acids is 1. The smallest absolute Gasteiger partial charge is 0.404 e. The highest BCUT2D eigenvalue weighted by Gasteiger charge is 2.32. The molecule has 4 N–H and O–H groups in total. The number of carbonyl (C=O) groups is 2. The number of aromatic amines is 1. The van der Waals surface area contributed by atoms with E-state index in [-0.39, 0.29) is 35.1 Å². The number of sulfone groups is 1. The standard InChI is InChI=1S/C21H29N5O5S/c1-4-16(23-21(28)29)13-5-6-14(8-13)17-10-19(26-25-17)24-20(27)9-15-7-12(2)22-11-18(15)32(3,30)31/h7,10-11,13-14,16,23H,4-6,8-9H2,1-3H3,(H,28,29)(H2,24,25,26,27). The molecular formula is C21H29N5O5S. The summed E-state index contributed by atoms with van der Waals surface area (Å²) in [6.07, 6.45) is 4.64. The van der Waals surface area contributed by atoms with E-state index in [1.54, 1.807) is 19.1 Å². The van der Waals surface area contributed by atoms with Crippen molar-refractivity contribution in [3.8, 4) is 0 Å². The predicted octanol–water partition coefficient (Wildman–Crippen LogP) is 2.63. The first-order valence-electron chi connectivity index (χ1n) is 10.6. The van der Waals surface area contributed by atoms with Crippen LogP contribution >= 0.6 is 0 Å². The Morgan fingerprint density at radius 1 is 1.31 bits per heavy atom. The lowest BCUT2D eigenvalue weighted by molar-refractivity contribution is -0.115. The molecule has 0 saturated heterocycles. The van der Waals surface area contributed by atoms with Crippen LogP contribution in [0.1, 0.15) is 55.5 Å². The van der Waals surface area contributed by atoms with Crippen molar-refractivity contribution in [1.82, 2.24) is 20.5 Å². The Bertz CT molecular complexity index is 1100. The van der Waals surface area contributed by atoms with Crippen LogP contribution < -0.4 is 10.6 Å². The monoisotopic (exact) mass is 463 g/mol. The van der Waals surface area contributed by atoms with Crippen molar-refractivity contribution in [3.63, 3.8) is 0 Å². The molecule has 0 aliphatic heterocycles. The van der Waals surface area contributed by atoms with E-state index in [2.05, 4.69) is 25.8 Å². The Hall–Kier alpha value is -2.95. The minimum atomic E-state index is -3.50. The summed E-state index contributed by atoms with van der Waals surface area (Å²) in [6.45, 7) is 3.70. The number of nitrogens with one attached hydrogen (secondary N) is 3. The number of aryl methyl sites for hydroxylation is 1. The van der Waals surface area contributed by atoms with Crippen LogP contribution in [0, 0.1) is 12.8 Å². The molecule has 3 unspecified atom stereocenters. The summed E-state index contributed by atoms with van der Waals surface area (Å²) >= 11 is 0. The van der Waals surface area contributed by atoms with Gasteiger partial charge in [-0.2, -0.15) is 5.10 Å². The molecule has 10 nitrogen and oxygen atoms in total. The summed E-state index contributed by atoms with van der Waals surface area (Å²) in [5.41, 5.74) is 1.91. The lowest BCUT2D eigenvalue weighted by Gasteiger charge is -2.22. The van der Waals surface area contributed by atoms with Crippen LogP contribution in [0.4, 0.5) is 10.6 Å². The average Bonchev–Trinajstić information content (AvgIpc) is 3.34. The molecule has 3 atom stereocenters. The predicted molar refractivity (Wildman–Crippen MR) is 118 cm³/mol. The molecule has 32 heavy (non-hydrogen) atoms. The second-order valence-corrected chi connectivity index (χ2v) is 10.4. The minimum absolute atomic E-state index is 0.0402. The number of anilines is 1. The third-order valence-corrected chi connectivity index (χ3v) is 7.10. The summed E-state index contributed by atoms with van der Waals surface area (Å²) in [4.78, 5) is 27.6. The van der Waals surface area contributed by atoms with Gasteiger partial charge in [-0.25, -0.2) is 13.2 Å². The first-order valence-corrected chi connectivity index (χ1v) is 12.5. The van der Waals surface area contributed by atoms with E-state index < -0.39 is 15.9 Å². The van der Waals surface area contributed by atoms with Gasteiger partial charge >= 0.3 is 6.09 Å². The maximum absolute atomic E-state index is 12.5. The zero-order chi connectivity index (χ0) is 23.5. The van der Waals surface area contributed by atoms with Crippen molar-refractivity contribution in [2.75, 3.05) is 11.6 Å². The second kappa shape index (κ2) is 9.68. The average molecular weight is 464 g/mol. The third kappa shape index (κ3) is 5.84. The first-order chi connectivity index (χ1) is 15.1. The first kappa shape index (κ1) is 23.7. The zero-order valence-corrected chi connectivity index (χ0v) is 19.2. The number of nitrogens with zero attached hydrogens (tertiary/aromatic N) is 2. The largest absolute Gasteiger partial charge is 0.465 e. The topological polar surface area (TPSA) is 154 Å². The van der Waals surface area contributed by atoms with Crippen molar-refractivity contribution in [2.45, 2.75) is 62.8 Å². The van der Waals surface area contributed by atoms with Crippen LogP contribution in [-0.4, -0.2) is 53.0 Å². The molecule has 1 fully saturated rings. The van der Waals surface area contributed by atoms with Gasteiger partial charge in [0.2, 0.25) is 5.91 Å². The van der Waals surface area contributed by atoms with Gasteiger partial charge in [-0.1, -0.05) is 6.92 Å². The molecular weight excluding hydrogens is 434 g/mol. The molecule has 3 rings (SSSR count). The van der Waals surface area contributed by atoms with E-state index in [1.165, 1.54) is 6.20 Å². The van der Waals surface area contributed by atoms with Gasteiger partial charge in [-0.15, -0.1) is 0 Å². The molecule has 11 heteroatoms. The van der Waals surface area contributed by atoms with E-state index in [9.17, 15) is 18.0 Å². The molecule has 1 aliphatic carbocycles. The molecule has 0 spiro atoms. The fourth-order valence-electron chi connectivity index (χ4n) is 4.42. The lowest BCUT2D eigenvalue weighted by Crippen LogP contribution is -2.38. The number of pyridine rings is 1. The summed E-state index contributed by atoms with van der Waals surface area (Å²) in [5.74, 6) is 0.463. The molecule has 0 aromatic carbocycles. The Morgan fingerprint density at radius 2 is 2.06 bits per heavy atom. The van der Waals surface area contributed by atoms with Crippen molar-refractivity contribution in [3.05, 3.63) is 35.3 Å². The van der Waals surface area contributed by atoms with Gasteiger partial charge in [0.25, 0.3) is 0 Å². The highest BCUT2D eigenvalue weighted by Crippen LogP contribution is 2.40. The van der Waals surface area contributed by atoms with Crippen LogP contribution in [-0.2, 0) is 21.1 Å². The summed E-state index contributed by atoms with van der Waals surface area (Å²) in [5, 5.41) is 21.5. The molecule has 0 bridgehead atoms. The SMILES string of the molecule is CCC(NC(=O)O)C1CCC(c2cc(NC(=O)Cc3cc(C)ncc3S(C)(=O)=O)n[nH]2)C1.